The minimum absolute atomic E-state index is 0.0160. The summed E-state index contributed by atoms with van der Waals surface area (Å²) in [4.78, 5) is 19.1. The molecule has 5 rings (SSSR count). The topological polar surface area (TPSA) is 83.9 Å². The van der Waals surface area contributed by atoms with Gasteiger partial charge in [0.05, 0.1) is 23.6 Å². The van der Waals surface area contributed by atoms with Gasteiger partial charge in [-0.15, -0.1) is 0 Å². The summed E-state index contributed by atoms with van der Waals surface area (Å²) in [7, 11) is 0. The minimum Gasteiger partial charge on any atom is -0.480 e. The summed E-state index contributed by atoms with van der Waals surface area (Å²) in [6, 6.07) is 7.83. The van der Waals surface area contributed by atoms with Gasteiger partial charge in [-0.3, -0.25) is 14.7 Å². The van der Waals surface area contributed by atoms with Crippen LogP contribution in [0.25, 0.3) is 0 Å². The predicted octanol–water partition coefficient (Wildman–Crippen LogP) is 5.06. The molecular formula is C29H38FN3O4. The molecule has 1 unspecified atom stereocenters. The lowest BCUT2D eigenvalue weighted by molar-refractivity contribution is -0.143. The molecule has 0 aliphatic carbocycles. The van der Waals surface area contributed by atoms with Crippen molar-refractivity contribution in [3.05, 3.63) is 58.7 Å². The first-order valence-electron chi connectivity index (χ1n) is 13.8. The van der Waals surface area contributed by atoms with Crippen LogP contribution in [-0.4, -0.2) is 59.9 Å². The van der Waals surface area contributed by atoms with Crippen molar-refractivity contribution in [1.82, 2.24) is 9.88 Å². The Morgan fingerprint density at radius 2 is 2.14 bits per heavy atom. The van der Waals surface area contributed by atoms with Gasteiger partial charge in [-0.1, -0.05) is 6.07 Å². The van der Waals surface area contributed by atoms with E-state index in [0.29, 0.717) is 31.9 Å². The predicted molar refractivity (Wildman–Crippen MR) is 139 cm³/mol. The Bertz CT molecular complexity index is 1080. The number of aryl methyl sites for hydroxylation is 2. The summed E-state index contributed by atoms with van der Waals surface area (Å²) in [6.07, 6.45) is 8.47. The molecule has 0 radical (unpaired) electrons. The highest BCUT2D eigenvalue weighted by Crippen LogP contribution is 2.36. The largest absolute Gasteiger partial charge is 0.480 e. The van der Waals surface area contributed by atoms with E-state index < -0.39 is 17.8 Å². The monoisotopic (exact) mass is 511 g/mol. The van der Waals surface area contributed by atoms with Crippen molar-refractivity contribution in [3.63, 3.8) is 0 Å². The first kappa shape index (κ1) is 26.1. The number of unbranched alkanes of at least 4 members (excludes halogenated alkanes) is 1. The average Bonchev–Trinajstić information content (AvgIpc) is 3.37. The number of carboxylic acids is 1. The van der Waals surface area contributed by atoms with Crippen LogP contribution in [0.1, 0.15) is 79.6 Å². The summed E-state index contributed by atoms with van der Waals surface area (Å²) >= 11 is 0. The van der Waals surface area contributed by atoms with Crippen molar-refractivity contribution < 1.29 is 23.8 Å². The Morgan fingerprint density at radius 3 is 2.97 bits per heavy atom. The van der Waals surface area contributed by atoms with Gasteiger partial charge >= 0.3 is 5.97 Å². The number of aliphatic carboxylic acids is 1. The van der Waals surface area contributed by atoms with Crippen LogP contribution in [0.15, 0.2) is 30.3 Å². The second-order valence-electron chi connectivity index (χ2n) is 10.4. The van der Waals surface area contributed by atoms with Crippen molar-refractivity contribution in [1.29, 1.82) is 0 Å². The molecule has 8 heteroatoms. The van der Waals surface area contributed by atoms with Crippen LogP contribution in [0, 0.1) is 5.82 Å². The van der Waals surface area contributed by atoms with E-state index in [0.717, 1.165) is 75.6 Å². The van der Waals surface area contributed by atoms with E-state index >= 15 is 0 Å². The quantitative estimate of drug-likeness (QED) is 0.432. The van der Waals surface area contributed by atoms with E-state index in [1.54, 1.807) is 6.07 Å². The Morgan fingerprint density at radius 1 is 1.22 bits per heavy atom. The third-order valence-corrected chi connectivity index (χ3v) is 7.76. The first-order valence-corrected chi connectivity index (χ1v) is 13.8. The molecule has 2 saturated heterocycles. The molecule has 1 aromatic carbocycles. The van der Waals surface area contributed by atoms with Gasteiger partial charge in [0.15, 0.2) is 0 Å². The average molecular weight is 512 g/mol. The molecule has 4 heterocycles. The number of benzene rings is 1. The summed E-state index contributed by atoms with van der Waals surface area (Å²) in [5.41, 5.74) is 4.78. The number of likely N-dealkylation sites (tertiary alicyclic amines) is 1. The van der Waals surface area contributed by atoms with Gasteiger partial charge in [-0.25, -0.2) is 4.39 Å². The number of halogens is 1. The van der Waals surface area contributed by atoms with Crippen molar-refractivity contribution in [2.24, 2.45) is 0 Å². The third-order valence-electron chi connectivity index (χ3n) is 7.76. The van der Waals surface area contributed by atoms with Gasteiger partial charge in [0.2, 0.25) is 0 Å². The standard InChI is InChI=1S/C29H38FN3O4/c30-20-9-11-23(27-8-2-4-17-37-27)24(18-20)28(29(34)35)33-15-13-22(19-33)36-16-3-1-6-21-10-12-25-26(32-21)7-5-14-31-25/h9-12,18,22,27-28,31H,1-8,13-17,19H2,(H,34,35)/t22-,27+,28?/m0/s1. The van der Waals surface area contributed by atoms with E-state index in [1.807, 2.05) is 4.90 Å². The number of rotatable bonds is 10. The Balaban J connectivity index is 1.13. The van der Waals surface area contributed by atoms with Gasteiger partial charge in [-0.2, -0.15) is 0 Å². The molecule has 2 aromatic rings. The minimum atomic E-state index is -0.962. The second-order valence-corrected chi connectivity index (χ2v) is 10.4. The van der Waals surface area contributed by atoms with Crippen LogP contribution < -0.4 is 5.32 Å². The van der Waals surface area contributed by atoms with Gasteiger partial charge in [0.25, 0.3) is 0 Å². The maximum atomic E-state index is 14.3. The number of carbonyl (C=O) groups is 1. The zero-order chi connectivity index (χ0) is 25.6. The lowest BCUT2D eigenvalue weighted by Crippen LogP contribution is -2.34. The van der Waals surface area contributed by atoms with Crippen molar-refractivity contribution >= 4 is 11.7 Å². The molecule has 0 bridgehead atoms. The Hall–Kier alpha value is -2.55. The number of hydrogen-bond donors (Lipinski definition) is 2. The molecule has 3 aliphatic heterocycles. The van der Waals surface area contributed by atoms with E-state index in [2.05, 4.69) is 17.4 Å². The van der Waals surface area contributed by atoms with E-state index in [9.17, 15) is 14.3 Å². The number of carboxylic acid groups (broad SMARTS) is 1. The molecule has 2 fully saturated rings. The van der Waals surface area contributed by atoms with Crippen LogP contribution in [0.3, 0.4) is 0 Å². The van der Waals surface area contributed by atoms with Crippen molar-refractivity contribution in [2.45, 2.75) is 76.0 Å². The number of hydrogen-bond acceptors (Lipinski definition) is 6. The Kier molecular flexibility index (Phi) is 8.69. The molecule has 7 nitrogen and oxygen atoms in total. The fraction of sp³-hybridized carbons (Fsp3) is 0.586. The first-order chi connectivity index (χ1) is 18.1. The zero-order valence-corrected chi connectivity index (χ0v) is 21.5. The molecule has 0 saturated carbocycles. The fourth-order valence-electron chi connectivity index (χ4n) is 5.85. The van der Waals surface area contributed by atoms with E-state index in [1.165, 1.54) is 23.5 Å². The molecule has 0 amide bonds. The highest BCUT2D eigenvalue weighted by Gasteiger charge is 2.36. The molecule has 3 atom stereocenters. The van der Waals surface area contributed by atoms with E-state index in [4.69, 9.17) is 14.5 Å². The van der Waals surface area contributed by atoms with Crippen molar-refractivity contribution in [3.8, 4) is 0 Å². The third kappa shape index (κ3) is 6.48. The summed E-state index contributed by atoms with van der Waals surface area (Å²) in [6.45, 7) is 3.45. The van der Waals surface area contributed by atoms with Gasteiger partial charge in [0, 0.05) is 38.5 Å². The molecular weight excluding hydrogens is 473 g/mol. The SMILES string of the molecule is O=C(O)C(c1cc(F)ccc1[C@H]1CCCCO1)N1CC[C@H](OCCCCc2ccc3c(n2)CCCN3)C1. The molecule has 200 valence electrons. The highest BCUT2D eigenvalue weighted by atomic mass is 19.1. The number of aromatic nitrogens is 1. The van der Waals surface area contributed by atoms with Gasteiger partial charge in [-0.05, 0) is 93.2 Å². The summed E-state index contributed by atoms with van der Waals surface area (Å²) < 4.78 is 26.3. The number of fused-ring (bicyclic) bond motifs is 1. The van der Waals surface area contributed by atoms with Crippen LogP contribution in [0.4, 0.5) is 10.1 Å². The number of pyridine rings is 1. The zero-order valence-electron chi connectivity index (χ0n) is 21.5. The summed E-state index contributed by atoms with van der Waals surface area (Å²) in [5, 5.41) is 13.6. The van der Waals surface area contributed by atoms with Crippen LogP contribution in [0.2, 0.25) is 0 Å². The normalized spacial score (nSPS) is 22.8. The number of anilines is 1. The maximum absolute atomic E-state index is 14.3. The highest BCUT2D eigenvalue weighted by molar-refractivity contribution is 5.76. The summed E-state index contributed by atoms with van der Waals surface area (Å²) in [5.74, 6) is -1.38. The smallest absolute Gasteiger partial charge is 0.325 e. The number of nitrogens with zero attached hydrogens (tertiary/aromatic N) is 2. The molecule has 37 heavy (non-hydrogen) atoms. The van der Waals surface area contributed by atoms with Crippen LogP contribution in [0.5, 0.6) is 0 Å². The maximum Gasteiger partial charge on any atom is 0.325 e. The molecule has 2 N–H and O–H groups in total. The molecule has 3 aliphatic rings. The second kappa shape index (κ2) is 12.3. The molecule has 0 spiro atoms. The molecule has 1 aromatic heterocycles. The van der Waals surface area contributed by atoms with E-state index in [-0.39, 0.29) is 12.2 Å². The van der Waals surface area contributed by atoms with Crippen LogP contribution >= 0.6 is 0 Å². The van der Waals surface area contributed by atoms with Crippen molar-refractivity contribution in [2.75, 3.05) is 38.2 Å². The van der Waals surface area contributed by atoms with Gasteiger partial charge < -0.3 is 19.9 Å². The lowest BCUT2D eigenvalue weighted by Gasteiger charge is -2.30. The van der Waals surface area contributed by atoms with Crippen LogP contribution in [-0.2, 0) is 27.1 Å². The number of nitrogens with one attached hydrogen (secondary N) is 1. The Labute approximate surface area is 218 Å². The number of ether oxygens (including phenoxy) is 2. The fourth-order valence-corrected chi connectivity index (χ4v) is 5.85. The lowest BCUT2D eigenvalue weighted by atomic mass is 9.92. The van der Waals surface area contributed by atoms with Gasteiger partial charge in [0.1, 0.15) is 11.9 Å².